The van der Waals surface area contributed by atoms with Crippen molar-refractivity contribution < 1.29 is 9.18 Å². The van der Waals surface area contributed by atoms with Crippen molar-refractivity contribution in [3.8, 4) is 6.07 Å². The predicted octanol–water partition coefficient (Wildman–Crippen LogP) is 3.69. The maximum Gasteiger partial charge on any atom is 0.255 e. The van der Waals surface area contributed by atoms with Crippen LogP contribution in [0.2, 0.25) is 0 Å². The normalized spacial score (nSPS) is 9.85. The number of anilines is 1. The van der Waals surface area contributed by atoms with Crippen molar-refractivity contribution >= 4 is 23.2 Å². The van der Waals surface area contributed by atoms with Crippen molar-refractivity contribution in [3.05, 3.63) is 65.0 Å². The summed E-state index contributed by atoms with van der Waals surface area (Å²) >= 11 is 5.66. The van der Waals surface area contributed by atoms with E-state index in [-0.39, 0.29) is 11.3 Å². The number of nitriles is 1. The van der Waals surface area contributed by atoms with Gasteiger partial charge in [0.25, 0.3) is 5.91 Å². The van der Waals surface area contributed by atoms with Gasteiger partial charge in [0.2, 0.25) is 0 Å². The van der Waals surface area contributed by atoms with E-state index in [1.54, 1.807) is 24.3 Å². The molecule has 0 radical (unpaired) electrons. The lowest BCUT2D eigenvalue weighted by molar-refractivity contribution is 0.102. The van der Waals surface area contributed by atoms with Crippen molar-refractivity contribution in [2.75, 3.05) is 5.32 Å². The molecule has 0 spiro atoms. The number of halogens is 2. The Morgan fingerprint density at radius 2 is 1.95 bits per heavy atom. The number of hydrogen-bond acceptors (Lipinski definition) is 2. The second kappa shape index (κ2) is 6.18. The highest BCUT2D eigenvalue weighted by Crippen LogP contribution is 2.17. The Bertz CT molecular complexity index is 677. The van der Waals surface area contributed by atoms with Crippen LogP contribution in [0.4, 0.5) is 10.1 Å². The van der Waals surface area contributed by atoms with Crippen LogP contribution in [0.3, 0.4) is 0 Å². The molecule has 0 aromatic heterocycles. The zero-order valence-electron chi connectivity index (χ0n) is 10.4. The molecule has 0 saturated carbocycles. The first-order chi connectivity index (χ1) is 9.63. The van der Waals surface area contributed by atoms with Crippen molar-refractivity contribution in [3.63, 3.8) is 0 Å². The van der Waals surface area contributed by atoms with Crippen LogP contribution in [0, 0.1) is 17.1 Å². The molecule has 0 aliphatic carbocycles. The van der Waals surface area contributed by atoms with Crippen molar-refractivity contribution in [2.24, 2.45) is 0 Å². The van der Waals surface area contributed by atoms with Crippen molar-refractivity contribution in [2.45, 2.75) is 5.88 Å². The van der Waals surface area contributed by atoms with Crippen LogP contribution in [-0.2, 0) is 5.88 Å². The Morgan fingerprint density at radius 1 is 1.25 bits per heavy atom. The molecule has 0 saturated heterocycles. The Kier molecular flexibility index (Phi) is 4.34. The van der Waals surface area contributed by atoms with Gasteiger partial charge in [0, 0.05) is 11.4 Å². The van der Waals surface area contributed by atoms with Gasteiger partial charge in [-0.3, -0.25) is 4.79 Å². The molecular weight excluding hydrogens is 279 g/mol. The summed E-state index contributed by atoms with van der Waals surface area (Å²) in [6, 6.07) is 12.4. The number of alkyl halides is 1. The zero-order valence-corrected chi connectivity index (χ0v) is 11.1. The number of rotatable bonds is 3. The van der Waals surface area contributed by atoms with Crippen LogP contribution < -0.4 is 5.32 Å². The van der Waals surface area contributed by atoms with Gasteiger partial charge < -0.3 is 5.32 Å². The fourth-order valence-electron chi connectivity index (χ4n) is 1.63. The molecule has 0 unspecified atom stereocenters. The molecule has 0 aliphatic rings. The van der Waals surface area contributed by atoms with Crippen LogP contribution >= 0.6 is 11.6 Å². The summed E-state index contributed by atoms with van der Waals surface area (Å²) in [7, 11) is 0. The van der Waals surface area contributed by atoms with Gasteiger partial charge in [-0.05, 0) is 35.9 Å². The molecule has 0 fully saturated rings. The fraction of sp³-hybridized carbons (Fsp3) is 0.0667. The third-order valence-corrected chi connectivity index (χ3v) is 3.03. The zero-order chi connectivity index (χ0) is 14.5. The van der Waals surface area contributed by atoms with E-state index >= 15 is 0 Å². The Balaban J connectivity index is 2.17. The molecule has 20 heavy (non-hydrogen) atoms. The van der Waals surface area contributed by atoms with E-state index in [0.717, 1.165) is 11.6 Å². The van der Waals surface area contributed by atoms with E-state index < -0.39 is 11.7 Å². The highest BCUT2D eigenvalue weighted by molar-refractivity contribution is 6.17. The van der Waals surface area contributed by atoms with Gasteiger partial charge in [-0.25, -0.2) is 4.39 Å². The number of nitrogens with zero attached hydrogens (tertiary/aromatic N) is 1. The summed E-state index contributed by atoms with van der Waals surface area (Å²) in [6.45, 7) is 0. The molecule has 5 heteroatoms. The maximum absolute atomic E-state index is 13.6. The van der Waals surface area contributed by atoms with E-state index in [1.165, 1.54) is 12.1 Å². The fourth-order valence-corrected chi connectivity index (χ4v) is 1.80. The molecule has 1 N–H and O–H groups in total. The molecule has 2 rings (SSSR count). The lowest BCUT2D eigenvalue weighted by atomic mass is 10.1. The SMILES string of the molecule is N#Cc1ccc(NC(=O)c2ccc(CCl)cc2)c(F)c1. The number of carbonyl (C=O) groups is 1. The van der Waals surface area contributed by atoms with Gasteiger partial charge in [-0.15, -0.1) is 11.6 Å². The third kappa shape index (κ3) is 3.14. The molecule has 100 valence electrons. The van der Waals surface area contributed by atoms with Gasteiger partial charge in [-0.2, -0.15) is 5.26 Å². The summed E-state index contributed by atoms with van der Waals surface area (Å²) in [5, 5.41) is 11.1. The predicted molar refractivity (Wildman–Crippen MR) is 75.1 cm³/mol. The molecule has 3 nitrogen and oxygen atoms in total. The summed E-state index contributed by atoms with van der Waals surface area (Å²) in [5.41, 5.74) is 1.54. The maximum atomic E-state index is 13.6. The van der Waals surface area contributed by atoms with E-state index in [2.05, 4.69) is 5.32 Å². The summed E-state index contributed by atoms with van der Waals surface area (Å²) in [4.78, 5) is 11.9. The standard InChI is InChI=1S/C15H10ClFN2O/c16-8-10-1-4-12(5-2-10)15(20)19-14-6-3-11(9-18)7-13(14)17/h1-7H,8H2,(H,19,20). The minimum atomic E-state index is -0.644. The molecule has 2 aromatic carbocycles. The lowest BCUT2D eigenvalue weighted by Crippen LogP contribution is -2.13. The van der Waals surface area contributed by atoms with E-state index in [9.17, 15) is 9.18 Å². The second-order valence-corrected chi connectivity index (χ2v) is 4.36. The number of hydrogen-bond donors (Lipinski definition) is 1. The van der Waals surface area contributed by atoms with E-state index in [1.807, 2.05) is 6.07 Å². The van der Waals surface area contributed by atoms with E-state index in [0.29, 0.717) is 11.4 Å². The van der Waals surface area contributed by atoms with Crippen LogP contribution in [-0.4, -0.2) is 5.91 Å². The smallest absolute Gasteiger partial charge is 0.255 e. The first-order valence-corrected chi connectivity index (χ1v) is 6.33. The Labute approximate surface area is 120 Å². The van der Waals surface area contributed by atoms with Crippen LogP contribution in [0.1, 0.15) is 21.5 Å². The first kappa shape index (κ1) is 14.0. The second-order valence-electron chi connectivity index (χ2n) is 4.09. The number of nitrogens with one attached hydrogen (secondary N) is 1. The molecule has 0 aliphatic heterocycles. The van der Waals surface area contributed by atoms with Crippen molar-refractivity contribution in [1.29, 1.82) is 5.26 Å². The van der Waals surface area contributed by atoms with Gasteiger partial charge in [-0.1, -0.05) is 12.1 Å². The molecule has 0 heterocycles. The minimum absolute atomic E-state index is 0.0374. The van der Waals surface area contributed by atoms with E-state index in [4.69, 9.17) is 16.9 Å². The number of carbonyl (C=O) groups excluding carboxylic acids is 1. The first-order valence-electron chi connectivity index (χ1n) is 5.80. The highest BCUT2D eigenvalue weighted by Gasteiger charge is 2.09. The molecule has 0 bridgehead atoms. The van der Waals surface area contributed by atoms with Gasteiger partial charge in [0.05, 0.1) is 17.3 Å². The monoisotopic (exact) mass is 288 g/mol. The quantitative estimate of drug-likeness (QED) is 0.876. The average molecular weight is 289 g/mol. The molecular formula is C15H10ClFN2O. The van der Waals surface area contributed by atoms with Crippen LogP contribution in [0.15, 0.2) is 42.5 Å². The average Bonchev–Trinajstić information content (AvgIpc) is 2.49. The summed E-state index contributed by atoms with van der Waals surface area (Å²) in [5.74, 6) is -0.698. The highest BCUT2D eigenvalue weighted by atomic mass is 35.5. The third-order valence-electron chi connectivity index (χ3n) is 2.72. The number of amides is 1. The van der Waals surface area contributed by atoms with Crippen LogP contribution in [0.25, 0.3) is 0 Å². The Hall–Kier alpha value is -2.38. The van der Waals surface area contributed by atoms with Crippen molar-refractivity contribution in [1.82, 2.24) is 0 Å². The lowest BCUT2D eigenvalue weighted by Gasteiger charge is -2.07. The summed E-state index contributed by atoms with van der Waals surface area (Å²) in [6.07, 6.45) is 0. The van der Waals surface area contributed by atoms with Gasteiger partial charge in [0.15, 0.2) is 0 Å². The van der Waals surface area contributed by atoms with Gasteiger partial charge in [0.1, 0.15) is 5.82 Å². The minimum Gasteiger partial charge on any atom is -0.319 e. The largest absolute Gasteiger partial charge is 0.319 e. The molecule has 1 amide bonds. The summed E-state index contributed by atoms with van der Waals surface area (Å²) < 4.78 is 13.6. The van der Waals surface area contributed by atoms with Crippen LogP contribution in [0.5, 0.6) is 0 Å². The molecule has 0 atom stereocenters. The Morgan fingerprint density at radius 3 is 2.50 bits per heavy atom. The van der Waals surface area contributed by atoms with Gasteiger partial charge >= 0.3 is 0 Å². The molecule has 2 aromatic rings. The topological polar surface area (TPSA) is 52.9 Å². The number of benzene rings is 2.